The van der Waals surface area contributed by atoms with Crippen molar-refractivity contribution in [3.63, 3.8) is 0 Å². The summed E-state index contributed by atoms with van der Waals surface area (Å²) in [5.41, 5.74) is 2.54. The van der Waals surface area contributed by atoms with Crippen molar-refractivity contribution in [3.05, 3.63) is 24.8 Å². The molecule has 0 spiro atoms. The van der Waals surface area contributed by atoms with Crippen LogP contribution >= 0.6 is 0 Å². The largest absolute Gasteiger partial charge is 0.390 e. The Kier molecular flexibility index (Phi) is 17.5. The van der Waals surface area contributed by atoms with Gasteiger partial charge in [-0.1, -0.05) is 73.0 Å². The lowest BCUT2D eigenvalue weighted by Gasteiger charge is -2.60. The highest BCUT2D eigenvalue weighted by molar-refractivity contribution is 5.24. The number of hydrogen-bond donors (Lipinski definition) is 1. The van der Waals surface area contributed by atoms with Gasteiger partial charge in [-0.15, -0.1) is 38.9 Å². The first-order valence-corrected chi connectivity index (χ1v) is 14.7. The van der Waals surface area contributed by atoms with E-state index in [-0.39, 0.29) is 7.43 Å². The van der Waals surface area contributed by atoms with Gasteiger partial charge in [-0.3, -0.25) is 0 Å². The zero-order valence-electron chi connectivity index (χ0n) is 25.1. The molecule has 4 rings (SSSR count). The van der Waals surface area contributed by atoms with Crippen molar-refractivity contribution in [1.29, 1.82) is 0 Å². The molecule has 0 bridgehead atoms. The highest BCUT2D eigenvalue weighted by Crippen LogP contribution is 2.68. The molecule has 7 atom stereocenters. The van der Waals surface area contributed by atoms with Gasteiger partial charge in [0.15, 0.2) is 0 Å². The number of aliphatic hydroxyl groups is 1. The fourth-order valence-electron chi connectivity index (χ4n) is 8.49. The number of rotatable bonds is 5. The summed E-state index contributed by atoms with van der Waals surface area (Å²) in [7, 11) is 0. The molecule has 1 heteroatoms. The monoisotopic (exact) mass is 512 g/mol. The van der Waals surface area contributed by atoms with E-state index in [1.807, 2.05) is 33.3 Å². The van der Waals surface area contributed by atoms with Crippen molar-refractivity contribution in [2.45, 2.75) is 139 Å². The summed E-state index contributed by atoms with van der Waals surface area (Å²) in [6.07, 6.45) is 35.2. The van der Waals surface area contributed by atoms with Crippen LogP contribution in [0.2, 0.25) is 0 Å². The summed E-state index contributed by atoms with van der Waals surface area (Å²) in [6, 6.07) is 0. The maximum Gasteiger partial charge on any atom is 0.0591 e. The number of terminal acetylenes is 2. The van der Waals surface area contributed by atoms with Gasteiger partial charge in [0.05, 0.1) is 5.60 Å². The average molecular weight is 513 g/mol. The molecule has 0 heterocycles. The van der Waals surface area contributed by atoms with Crippen LogP contribution in [0.1, 0.15) is 133 Å². The minimum absolute atomic E-state index is 0. The Labute approximate surface area is 234 Å². The zero-order chi connectivity index (χ0) is 28.2. The van der Waals surface area contributed by atoms with Crippen LogP contribution in [0.3, 0.4) is 0 Å². The number of allylic oxidation sites excluding steroid dienone is 2. The Hall–Kier alpha value is -1.44. The summed E-state index contributed by atoms with van der Waals surface area (Å²) in [4.78, 5) is 0. The number of hydrogen-bond acceptors (Lipinski definition) is 1. The standard InChI is InChI=1S/C27H46O.C2H6.C2H4.2C2H2.CH4/c1-19-9-8-11-22-21(19)13-15-24-23-14-12-20(10-6-7-16-25(2,3)28)26(23,4)17-18-27(22,24)5;4*1-2;/h13,19-20,22-24,28H,6-12,14-18H2,1-5H3;1-2H3;1-2H2;2*1-2H;1H4. The molecule has 0 amide bonds. The topological polar surface area (TPSA) is 20.2 Å². The van der Waals surface area contributed by atoms with Crippen molar-refractivity contribution in [3.8, 4) is 25.7 Å². The molecule has 7 unspecified atom stereocenters. The third kappa shape index (κ3) is 8.52. The molecule has 1 nitrogen and oxygen atoms in total. The third-order valence-corrected chi connectivity index (χ3v) is 10.2. The molecular formula is C36H64O. The van der Waals surface area contributed by atoms with Gasteiger partial charge in [0.1, 0.15) is 0 Å². The fraction of sp³-hybridized carbons (Fsp3) is 0.778. The van der Waals surface area contributed by atoms with E-state index in [1.54, 1.807) is 0 Å². The lowest BCUT2D eigenvalue weighted by molar-refractivity contribution is -0.0754. The zero-order valence-corrected chi connectivity index (χ0v) is 25.1. The van der Waals surface area contributed by atoms with E-state index in [4.69, 9.17) is 0 Å². The molecule has 1 N–H and O–H groups in total. The smallest absolute Gasteiger partial charge is 0.0591 e. The average Bonchev–Trinajstić information content (AvgIpc) is 3.22. The first-order valence-electron chi connectivity index (χ1n) is 14.7. The van der Waals surface area contributed by atoms with E-state index in [1.165, 1.54) is 70.6 Å². The SMILES string of the molecule is C.C#C.C#C.C=C.CC.CC1CCCC2C1=CCC1C3CCC(CCCCC(C)(C)O)C3(C)CCC21C. The van der Waals surface area contributed by atoms with E-state index >= 15 is 0 Å². The van der Waals surface area contributed by atoms with E-state index in [9.17, 15) is 5.11 Å². The maximum atomic E-state index is 10.0. The highest BCUT2D eigenvalue weighted by atomic mass is 16.3. The highest BCUT2D eigenvalue weighted by Gasteiger charge is 2.59. The Morgan fingerprint density at radius 2 is 1.49 bits per heavy atom. The quantitative estimate of drug-likeness (QED) is 0.221. The summed E-state index contributed by atoms with van der Waals surface area (Å²) in [5.74, 6) is 4.56. The summed E-state index contributed by atoms with van der Waals surface area (Å²) in [5, 5.41) is 10.0. The van der Waals surface area contributed by atoms with Gasteiger partial charge in [0.25, 0.3) is 0 Å². The van der Waals surface area contributed by atoms with Crippen LogP contribution in [0, 0.1) is 66.1 Å². The lowest BCUT2D eigenvalue weighted by Crippen LogP contribution is -2.52. The maximum absolute atomic E-state index is 10.0. The molecule has 0 saturated heterocycles. The van der Waals surface area contributed by atoms with Crippen molar-refractivity contribution in [2.75, 3.05) is 0 Å². The molecule has 37 heavy (non-hydrogen) atoms. The lowest BCUT2D eigenvalue weighted by atomic mass is 9.45. The molecular weight excluding hydrogens is 448 g/mol. The van der Waals surface area contributed by atoms with Gasteiger partial charge in [-0.05, 0) is 112 Å². The molecule has 4 aliphatic rings. The summed E-state index contributed by atoms with van der Waals surface area (Å²) in [6.45, 7) is 21.8. The Morgan fingerprint density at radius 3 is 2.05 bits per heavy atom. The van der Waals surface area contributed by atoms with Crippen molar-refractivity contribution < 1.29 is 5.11 Å². The normalized spacial score (nSPS) is 35.0. The van der Waals surface area contributed by atoms with Crippen LogP contribution in [0.4, 0.5) is 0 Å². The Balaban J connectivity index is 0. The summed E-state index contributed by atoms with van der Waals surface area (Å²) >= 11 is 0. The van der Waals surface area contributed by atoms with Gasteiger partial charge in [-0.2, -0.15) is 0 Å². The molecule has 214 valence electrons. The van der Waals surface area contributed by atoms with E-state index in [0.29, 0.717) is 10.8 Å². The van der Waals surface area contributed by atoms with Gasteiger partial charge in [0, 0.05) is 0 Å². The van der Waals surface area contributed by atoms with E-state index in [2.05, 4.69) is 65.7 Å². The molecule has 0 aromatic rings. The third-order valence-electron chi connectivity index (χ3n) is 10.2. The second-order valence-electron chi connectivity index (χ2n) is 12.4. The molecule has 0 aromatic carbocycles. The summed E-state index contributed by atoms with van der Waals surface area (Å²) < 4.78 is 0. The Morgan fingerprint density at radius 1 is 0.919 bits per heavy atom. The fourth-order valence-corrected chi connectivity index (χ4v) is 8.49. The Bertz CT molecular complexity index is 684. The van der Waals surface area contributed by atoms with Crippen molar-refractivity contribution in [2.24, 2.45) is 40.4 Å². The minimum atomic E-state index is -0.488. The number of unbranched alkanes of at least 4 members (excludes halogenated alkanes) is 1. The van der Waals surface area contributed by atoms with Gasteiger partial charge >= 0.3 is 0 Å². The molecule has 0 radical (unpaired) electrons. The first-order chi connectivity index (χ1) is 17.2. The molecule has 0 aliphatic heterocycles. The van der Waals surface area contributed by atoms with Crippen LogP contribution < -0.4 is 0 Å². The van der Waals surface area contributed by atoms with Crippen molar-refractivity contribution >= 4 is 0 Å². The second kappa shape index (κ2) is 17.2. The second-order valence-corrected chi connectivity index (χ2v) is 12.4. The molecule has 3 saturated carbocycles. The molecule has 4 aliphatic carbocycles. The molecule has 0 aromatic heterocycles. The van der Waals surface area contributed by atoms with Crippen LogP contribution in [0.15, 0.2) is 24.8 Å². The predicted octanol–water partition coefficient (Wildman–Crippen LogP) is 10.5. The van der Waals surface area contributed by atoms with Gasteiger partial charge in [-0.25, -0.2) is 0 Å². The first kappa shape index (κ1) is 37.7. The van der Waals surface area contributed by atoms with E-state index < -0.39 is 5.60 Å². The van der Waals surface area contributed by atoms with E-state index in [0.717, 1.165) is 36.0 Å². The molecule has 3 fully saturated rings. The van der Waals surface area contributed by atoms with Crippen LogP contribution in [0.5, 0.6) is 0 Å². The van der Waals surface area contributed by atoms with Crippen LogP contribution in [-0.2, 0) is 0 Å². The van der Waals surface area contributed by atoms with Crippen molar-refractivity contribution in [1.82, 2.24) is 0 Å². The van der Waals surface area contributed by atoms with Gasteiger partial charge < -0.3 is 5.11 Å². The predicted molar refractivity (Wildman–Crippen MR) is 168 cm³/mol. The number of fused-ring (bicyclic) bond motifs is 5. The minimum Gasteiger partial charge on any atom is -0.390 e. The van der Waals surface area contributed by atoms with Crippen LogP contribution in [-0.4, -0.2) is 10.7 Å². The van der Waals surface area contributed by atoms with Crippen LogP contribution in [0.25, 0.3) is 0 Å². The van der Waals surface area contributed by atoms with Gasteiger partial charge in [0.2, 0.25) is 0 Å².